The lowest BCUT2D eigenvalue weighted by Crippen LogP contribution is -2.21. The van der Waals surface area contributed by atoms with Crippen molar-refractivity contribution in [1.82, 2.24) is 5.32 Å². The number of benzene rings is 1. The van der Waals surface area contributed by atoms with Crippen LogP contribution in [0, 0.1) is 10.8 Å². The van der Waals surface area contributed by atoms with Crippen LogP contribution < -0.4 is 5.32 Å². The molecule has 1 aromatic rings. The molecule has 0 bridgehead atoms. The molecular weight excluding hydrogens is 198 g/mol. The SMILES string of the molecule is CC1(C)C(NCc2ccccc2O)C1(C)C. The van der Waals surface area contributed by atoms with Crippen molar-refractivity contribution in [1.29, 1.82) is 0 Å². The van der Waals surface area contributed by atoms with Crippen LogP contribution in [-0.4, -0.2) is 11.1 Å². The van der Waals surface area contributed by atoms with Crippen LogP contribution in [0.1, 0.15) is 33.3 Å². The number of para-hydroxylation sites is 1. The van der Waals surface area contributed by atoms with E-state index in [1.807, 2.05) is 18.2 Å². The van der Waals surface area contributed by atoms with E-state index in [0.29, 0.717) is 22.6 Å². The van der Waals surface area contributed by atoms with Crippen molar-refractivity contribution >= 4 is 0 Å². The van der Waals surface area contributed by atoms with Crippen molar-refractivity contribution in [2.75, 3.05) is 0 Å². The lowest BCUT2D eigenvalue weighted by molar-refractivity contribution is 0.457. The Morgan fingerprint density at radius 3 is 2.19 bits per heavy atom. The molecule has 0 spiro atoms. The summed E-state index contributed by atoms with van der Waals surface area (Å²) in [6.45, 7) is 9.89. The molecule has 88 valence electrons. The predicted molar refractivity (Wildman–Crippen MR) is 66.3 cm³/mol. The van der Waals surface area contributed by atoms with E-state index in [2.05, 4.69) is 33.0 Å². The molecule has 2 heteroatoms. The van der Waals surface area contributed by atoms with Gasteiger partial charge in [-0.2, -0.15) is 0 Å². The minimum Gasteiger partial charge on any atom is -0.508 e. The second-order valence-electron chi connectivity index (χ2n) is 5.89. The first kappa shape index (κ1) is 11.5. The molecule has 0 aliphatic heterocycles. The zero-order chi connectivity index (χ0) is 12.0. The fraction of sp³-hybridized carbons (Fsp3) is 0.571. The number of aromatic hydroxyl groups is 1. The maximum Gasteiger partial charge on any atom is 0.120 e. The first-order valence-corrected chi connectivity index (χ1v) is 5.87. The van der Waals surface area contributed by atoms with E-state index >= 15 is 0 Å². The quantitative estimate of drug-likeness (QED) is 0.819. The topological polar surface area (TPSA) is 32.3 Å². The lowest BCUT2D eigenvalue weighted by atomic mass is 10.0. The molecular formula is C14H21NO. The van der Waals surface area contributed by atoms with Crippen molar-refractivity contribution in [3.05, 3.63) is 29.8 Å². The molecule has 2 N–H and O–H groups in total. The zero-order valence-electron chi connectivity index (χ0n) is 10.5. The standard InChI is InChI=1S/C14H21NO/c1-13(2)12(14(13,3)4)15-9-10-7-5-6-8-11(10)16/h5-8,12,15-16H,9H2,1-4H3. The highest BCUT2D eigenvalue weighted by atomic mass is 16.3. The maximum atomic E-state index is 9.66. The fourth-order valence-corrected chi connectivity index (χ4v) is 2.58. The van der Waals surface area contributed by atoms with E-state index in [4.69, 9.17) is 0 Å². The molecule has 0 atom stereocenters. The summed E-state index contributed by atoms with van der Waals surface area (Å²) in [5.74, 6) is 0.381. The van der Waals surface area contributed by atoms with Gasteiger partial charge in [-0.05, 0) is 16.9 Å². The summed E-state index contributed by atoms with van der Waals surface area (Å²) in [4.78, 5) is 0. The van der Waals surface area contributed by atoms with Crippen LogP contribution in [0.3, 0.4) is 0 Å². The van der Waals surface area contributed by atoms with Crippen molar-refractivity contribution in [3.63, 3.8) is 0 Å². The largest absolute Gasteiger partial charge is 0.508 e. The summed E-state index contributed by atoms with van der Waals surface area (Å²) in [5, 5.41) is 13.2. The van der Waals surface area contributed by atoms with Gasteiger partial charge in [-0.25, -0.2) is 0 Å². The van der Waals surface area contributed by atoms with Gasteiger partial charge in [0.05, 0.1) is 0 Å². The van der Waals surface area contributed by atoms with Crippen molar-refractivity contribution in [2.24, 2.45) is 10.8 Å². The van der Waals surface area contributed by atoms with Gasteiger partial charge in [-0.1, -0.05) is 45.9 Å². The number of hydrogen-bond acceptors (Lipinski definition) is 2. The summed E-state index contributed by atoms with van der Waals surface area (Å²) in [7, 11) is 0. The first-order valence-electron chi connectivity index (χ1n) is 5.87. The second-order valence-corrected chi connectivity index (χ2v) is 5.89. The fourth-order valence-electron chi connectivity index (χ4n) is 2.58. The lowest BCUT2D eigenvalue weighted by Gasteiger charge is -2.08. The molecule has 1 aromatic carbocycles. The van der Waals surface area contributed by atoms with Crippen molar-refractivity contribution in [3.8, 4) is 5.75 Å². The van der Waals surface area contributed by atoms with Crippen molar-refractivity contribution in [2.45, 2.75) is 40.3 Å². The molecule has 0 unspecified atom stereocenters. The third-order valence-electron chi connectivity index (χ3n) is 4.51. The van der Waals surface area contributed by atoms with Crippen LogP contribution in [0.2, 0.25) is 0 Å². The minimum absolute atomic E-state index is 0.345. The zero-order valence-corrected chi connectivity index (χ0v) is 10.5. The van der Waals surface area contributed by atoms with Gasteiger partial charge in [0.2, 0.25) is 0 Å². The average molecular weight is 219 g/mol. The Morgan fingerprint density at radius 2 is 1.69 bits per heavy atom. The van der Waals surface area contributed by atoms with E-state index in [1.54, 1.807) is 6.07 Å². The Hall–Kier alpha value is -1.02. The number of hydrogen-bond donors (Lipinski definition) is 2. The number of rotatable bonds is 3. The van der Waals surface area contributed by atoms with Crippen LogP contribution in [0.25, 0.3) is 0 Å². The molecule has 0 amide bonds. The van der Waals surface area contributed by atoms with Crippen LogP contribution in [-0.2, 0) is 6.54 Å². The Labute approximate surface area is 97.7 Å². The van der Waals surface area contributed by atoms with Crippen LogP contribution >= 0.6 is 0 Å². The van der Waals surface area contributed by atoms with Gasteiger partial charge in [0, 0.05) is 18.2 Å². The van der Waals surface area contributed by atoms with E-state index in [1.165, 1.54) is 0 Å². The third-order valence-corrected chi connectivity index (χ3v) is 4.51. The summed E-state index contributed by atoms with van der Waals surface area (Å²) in [6.07, 6.45) is 0. The second kappa shape index (κ2) is 3.49. The molecule has 0 heterocycles. The minimum atomic E-state index is 0.345. The van der Waals surface area contributed by atoms with Crippen LogP contribution in [0.5, 0.6) is 5.75 Å². The summed E-state index contributed by atoms with van der Waals surface area (Å²) in [6, 6.07) is 8.04. The van der Waals surface area contributed by atoms with Gasteiger partial charge in [0.15, 0.2) is 0 Å². The van der Waals surface area contributed by atoms with Gasteiger partial charge in [-0.3, -0.25) is 0 Å². The summed E-state index contributed by atoms with van der Waals surface area (Å²) >= 11 is 0. The molecule has 2 rings (SSSR count). The molecule has 1 aliphatic carbocycles. The van der Waals surface area contributed by atoms with Gasteiger partial charge >= 0.3 is 0 Å². The van der Waals surface area contributed by atoms with Crippen molar-refractivity contribution < 1.29 is 5.11 Å². The molecule has 1 fully saturated rings. The first-order chi connectivity index (χ1) is 7.37. The molecule has 1 aliphatic rings. The average Bonchev–Trinajstić information content (AvgIpc) is 2.58. The van der Waals surface area contributed by atoms with E-state index in [9.17, 15) is 5.11 Å². The van der Waals surface area contributed by atoms with Crippen LogP contribution in [0.4, 0.5) is 0 Å². The summed E-state index contributed by atoms with van der Waals surface area (Å²) in [5.41, 5.74) is 1.66. The number of nitrogens with one attached hydrogen (secondary N) is 1. The highest BCUT2D eigenvalue weighted by Gasteiger charge is 2.64. The predicted octanol–water partition coefficient (Wildman–Crippen LogP) is 2.92. The normalized spacial score (nSPS) is 22.0. The molecule has 0 aromatic heterocycles. The Morgan fingerprint density at radius 1 is 1.12 bits per heavy atom. The molecule has 2 nitrogen and oxygen atoms in total. The van der Waals surface area contributed by atoms with Gasteiger partial charge in [0.1, 0.15) is 5.75 Å². The number of phenolic OH excluding ortho intramolecular Hbond substituents is 1. The molecule has 0 radical (unpaired) electrons. The highest BCUT2D eigenvalue weighted by Crippen LogP contribution is 2.62. The van der Waals surface area contributed by atoms with Gasteiger partial charge in [0.25, 0.3) is 0 Å². The van der Waals surface area contributed by atoms with Gasteiger partial charge in [-0.15, -0.1) is 0 Å². The third kappa shape index (κ3) is 1.61. The summed E-state index contributed by atoms with van der Waals surface area (Å²) < 4.78 is 0. The van der Waals surface area contributed by atoms with E-state index in [0.717, 1.165) is 12.1 Å². The van der Waals surface area contributed by atoms with Gasteiger partial charge < -0.3 is 10.4 Å². The smallest absolute Gasteiger partial charge is 0.120 e. The monoisotopic (exact) mass is 219 g/mol. The Balaban J connectivity index is 1.98. The molecule has 1 saturated carbocycles. The van der Waals surface area contributed by atoms with E-state index in [-0.39, 0.29) is 0 Å². The number of phenols is 1. The molecule has 0 saturated heterocycles. The van der Waals surface area contributed by atoms with Crippen LogP contribution in [0.15, 0.2) is 24.3 Å². The Bertz CT molecular complexity index is 381. The Kier molecular flexibility index (Phi) is 2.50. The highest BCUT2D eigenvalue weighted by molar-refractivity contribution is 5.32. The van der Waals surface area contributed by atoms with E-state index < -0.39 is 0 Å². The molecule has 16 heavy (non-hydrogen) atoms. The maximum absolute atomic E-state index is 9.66.